The second-order valence-corrected chi connectivity index (χ2v) is 7.21. The van der Waals surface area contributed by atoms with Crippen molar-refractivity contribution in [3.8, 4) is 0 Å². The highest BCUT2D eigenvalue weighted by Crippen LogP contribution is 2.33. The molecule has 1 aliphatic rings. The number of aromatic nitrogens is 2. The third-order valence-corrected chi connectivity index (χ3v) is 5.31. The first-order valence-electron chi connectivity index (χ1n) is 8.84. The monoisotopic (exact) mass is 356 g/mol. The van der Waals surface area contributed by atoms with Crippen molar-refractivity contribution < 1.29 is 4.79 Å². The Hall–Kier alpha value is -2.08. The van der Waals surface area contributed by atoms with E-state index in [0.717, 1.165) is 54.6 Å². The summed E-state index contributed by atoms with van der Waals surface area (Å²) in [5.74, 6) is 1.23. The summed E-state index contributed by atoms with van der Waals surface area (Å²) in [5, 5.41) is 3.93. The molecule has 1 aromatic heterocycles. The molecule has 25 heavy (non-hydrogen) atoms. The number of carbonyl (C=O) groups excluding carboxylic acids is 1. The van der Waals surface area contributed by atoms with E-state index in [1.165, 1.54) is 0 Å². The average Bonchev–Trinajstić information content (AvgIpc) is 2.67. The SMILES string of the molecule is CCCNC(=O)C1CCN(c2nccnc2Sc2ccccc2)CC1. The molecule has 0 bridgehead atoms. The van der Waals surface area contributed by atoms with Crippen LogP contribution >= 0.6 is 11.8 Å². The van der Waals surface area contributed by atoms with Gasteiger partial charge in [-0.3, -0.25) is 4.79 Å². The van der Waals surface area contributed by atoms with Gasteiger partial charge in [-0.25, -0.2) is 9.97 Å². The standard InChI is InChI=1S/C19H24N4OS/c1-2-10-21-18(24)15-8-13-23(14-9-15)17-19(22-12-11-20-17)25-16-6-4-3-5-7-16/h3-7,11-12,15H,2,8-10,13-14H2,1H3,(H,21,24). The fraction of sp³-hybridized carbons (Fsp3) is 0.421. The summed E-state index contributed by atoms with van der Waals surface area (Å²) in [4.78, 5) is 24.6. The maximum absolute atomic E-state index is 12.1. The Labute approximate surface area is 153 Å². The van der Waals surface area contributed by atoms with E-state index in [1.807, 2.05) is 18.2 Å². The lowest BCUT2D eigenvalue weighted by Crippen LogP contribution is -2.41. The molecule has 1 saturated heterocycles. The molecule has 1 aliphatic heterocycles. The smallest absolute Gasteiger partial charge is 0.223 e. The van der Waals surface area contributed by atoms with Crippen molar-refractivity contribution in [2.24, 2.45) is 5.92 Å². The largest absolute Gasteiger partial charge is 0.356 e. The Bertz CT molecular complexity index is 687. The normalized spacial score (nSPS) is 15.2. The van der Waals surface area contributed by atoms with Crippen LogP contribution in [0.15, 0.2) is 52.6 Å². The third kappa shape index (κ3) is 4.72. The van der Waals surface area contributed by atoms with Crippen LogP contribution < -0.4 is 10.2 Å². The van der Waals surface area contributed by atoms with Crippen molar-refractivity contribution >= 4 is 23.5 Å². The number of carbonyl (C=O) groups is 1. The van der Waals surface area contributed by atoms with Gasteiger partial charge < -0.3 is 10.2 Å². The van der Waals surface area contributed by atoms with Crippen molar-refractivity contribution in [3.63, 3.8) is 0 Å². The summed E-state index contributed by atoms with van der Waals surface area (Å²) in [5.41, 5.74) is 0. The van der Waals surface area contributed by atoms with Crippen molar-refractivity contribution in [2.45, 2.75) is 36.1 Å². The lowest BCUT2D eigenvalue weighted by Gasteiger charge is -2.32. The van der Waals surface area contributed by atoms with Gasteiger partial charge in [-0.2, -0.15) is 0 Å². The van der Waals surface area contributed by atoms with Crippen LogP contribution in [0.5, 0.6) is 0 Å². The molecule has 132 valence electrons. The average molecular weight is 356 g/mol. The zero-order chi connectivity index (χ0) is 17.5. The molecule has 0 aliphatic carbocycles. The molecule has 2 aromatic rings. The lowest BCUT2D eigenvalue weighted by atomic mass is 9.96. The number of anilines is 1. The zero-order valence-electron chi connectivity index (χ0n) is 14.5. The highest BCUT2D eigenvalue weighted by Gasteiger charge is 2.26. The maximum atomic E-state index is 12.1. The summed E-state index contributed by atoms with van der Waals surface area (Å²) in [6, 6.07) is 10.2. The van der Waals surface area contributed by atoms with E-state index in [9.17, 15) is 4.79 Å². The number of nitrogens with zero attached hydrogens (tertiary/aromatic N) is 3. The van der Waals surface area contributed by atoms with E-state index in [-0.39, 0.29) is 11.8 Å². The number of rotatable bonds is 6. The minimum absolute atomic E-state index is 0.115. The van der Waals surface area contributed by atoms with Crippen molar-refractivity contribution in [1.82, 2.24) is 15.3 Å². The van der Waals surface area contributed by atoms with E-state index >= 15 is 0 Å². The maximum Gasteiger partial charge on any atom is 0.223 e. The van der Waals surface area contributed by atoms with Crippen LogP contribution in [0.2, 0.25) is 0 Å². The Morgan fingerprint density at radius 1 is 1.20 bits per heavy atom. The van der Waals surface area contributed by atoms with Gasteiger partial charge in [0.05, 0.1) is 0 Å². The van der Waals surface area contributed by atoms with E-state index in [2.05, 4.69) is 39.2 Å². The second kappa shape index (κ2) is 8.85. The Morgan fingerprint density at radius 2 is 1.92 bits per heavy atom. The van der Waals surface area contributed by atoms with E-state index in [1.54, 1.807) is 24.2 Å². The Morgan fingerprint density at radius 3 is 2.64 bits per heavy atom. The quantitative estimate of drug-likeness (QED) is 0.860. The molecule has 1 N–H and O–H groups in total. The van der Waals surface area contributed by atoms with Gasteiger partial charge in [0.25, 0.3) is 0 Å². The highest BCUT2D eigenvalue weighted by molar-refractivity contribution is 7.99. The number of hydrogen-bond acceptors (Lipinski definition) is 5. The fourth-order valence-corrected chi connectivity index (χ4v) is 3.86. The number of amides is 1. The van der Waals surface area contributed by atoms with Crippen LogP contribution in [0.3, 0.4) is 0 Å². The molecule has 0 atom stereocenters. The summed E-state index contributed by atoms with van der Waals surface area (Å²) in [6.45, 7) is 4.51. The van der Waals surface area contributed by atoms with Crippen LogP contribution in [-0.2, 0) is 4.79 Å². The molecule has 0 unspecified atom stereocenters. The van der Waals surface area contributed by atoms with Gasteiger partial charge in [-0.1, -0.05) is 36.9 Å². The van der Waals surface area contributed by atoms with Crippen molar-refractivity contribution in [3.05, 3.63) is 42.7 Å². The van der Waals surface area contributed by atoms with Crippen LogP contribution in [0, 0.1) is 5.92 Å². The molecular weight excluding hydrogens is 332 g/mol. The zero-order valence-corrected chi connectivity index (χ0v) is 15.3. The van der Waals surface area contributed by atoms with Crippen LogP contribution in [0.25, 0.3) is 0 Å². The number of nitrogens with one attached hydrogen (secondary N) is 1. The van der Waals surface area contributed by atoms with Crippen molar-refractivity contribution in [1.29, 1.82) is 0 Å². The predicted molar refractivity (Wildman–Crippen MR) is 101 cm³/mol. The Kier molecular flexibility index (Phi) is 6.28. The number of benzene rings is 1. The molecule has 0 radical (unpaired) electrons. The first-order chi connectivity index (χ1) is 12.3. The molecule has 5 nitrogen and oxygen atoms in total. The molecule has 1 fully saturated rings. The van der Waals surface area contributed by atoms with E-state index in [0.29, 0.717) is 0 Å². The number of hydrogen-bond donors (Lipinski definition) is 1. The van der Waals surface area contributed by atoms with Crippen molar-refractivity contribution in [2.75, 3.05) is 24.5 Å². The van der Waals surface area contributed by atoms with Gasteiger partial charge >= 0.3 is 0 Å². The minimum atomic E-state index is 0.115. The molecule has 1 amide bonds. The fourth-order valence-electron chi connectivity index (χ4n) is 2.95. The van der Waals surface area contributed by atoms with Gasteiger partial charge in [0.2, 0.25) is 5.91 Å². The van der Waals surface area contributed by atoms with Crippen LogP contribution in [-0.4, -0.2) is 35.5 Å². The Balaban J connectivity index is 1.64. The molecule has 0 saturated carbocycles. The van der Waals surface area contributed by atoms with Crippen LogP contribution in [0.1, 0.15) is 26.2 Å². The third-order valence-electron chi connectivity index (χ3n) is 4.32. The first-order valence-corrected chi connectivity index (χ1v) is 9.66. The first kappa shape index (κ1) is 17.7. The summed E-state index contributed by atoms with van der Waals surface area (Å²) in [7, 11) is 0. The molecule has 6 heteroatoms. The highest BCUT2D eigenvalue weighted by atomic mass is 32.2. The summed E-state index contributed by atoms with van der Waals surface area (Å²) in [6.07, 6.45) is 6.18. The molecule has 1 aromatic carbocycles. The molecule has 0 spiro atoms. The molecule has 3 rings (SSSR count). The van der Waals surface area contributed by atoms with Gasteiger partial charge in [0.1, 0.15) is 5.03 Å². The second-order valence-electron chi connectivity index (χ2n) is 6.15. The van der Waals surface area contributed by atoms with Gasteiger partial charge in [0, 0.05) is 42.8 Å². The number of piperidine rings is 1. The molecule has 2 heterocycles. The topological polar surface area (TPSA) is 58.1 Å². The molecular formula is C19H24N4OS. The van der Waals surface area contributed by atoms with E-state index in [4.69, 9.17) is 0 Å². The van der Waals surface area contributed by atoms with Crippen LogP contribution in [0.4, 0.5) is 5.82 Å². The lowest BCUT2D eigenvalue weighted by molar-refractivity contribution is -0.125. The van der Waals surface area contributed by atoms with Gasteiger partial charge in [-0.05, 0) is 31.4 Å². The van der Waals surface area contributed by atoms with E-state index < -0.39 is 0 Å². The minimum Gasteiger partial charge on any atom is -0.356 e. The van der Waals surface area contributed by atoms with Gasteiger partial charge in [-0.15, -0.1) is 0 Å². The summed E-state index contributed by atoms with van der Waals surface area (Å²) >= 11 is 1.63. The summed E-state index contributed by atoms with van der Waals surface area (Å²) < 4.78 is 0. The predicted octanol–water partition coefficient (Wildman–Crippen LogP) is 3.37. The van der Waals surface area contributed by atoms with Gasteiger partial charge in [0.15, 0.2) is 5.82 Å².